The molecule has 0 aliphatic carbocycles. The van der Waals surface area contributed by atoms with Crippen LogP contribution in [0.3, 0.4) is 0 Å². The van der Waals surface area contributed by atoms with E-state index in [0.717, 1.165) is 16.3 Å². The number of halogens is 1. The molecule has 1 aromatic rings. The van der Waals surface area contributed by atoms with Crippen molar-refractivity contribution in [2.45, 2.75) is 6.61 Å². The molecule has 0 N–H and O–H groups in total. The number of rotatable bonds is 4. The fraction of sp³-hybridized carbons (Fsp3) is 0.222. The van der Waals surface area contributed by atoms with Crippen LogP contribution in [0.5, 0.6) is 0 Å². The third kappa shape index (κ3) is 2.62. The monoisotopic (exact) mass is 244 g/mol. The molecular weight excluding hydrogens is 236 g/mol. The summed E-state index contributed by atoms with van der Waals surface area (Å²) in [5.74, 6) is 0. The summed E-state index contributed by atoms with van der Waals surface area (Å²) in [5, 5.41) is 0. The van der Waals surface area contributed by atoms with Gasteiger partial charge in [0.05, 0.1) is 7.11 Å². The molecular formula is C9H9BrO3. The lowest BCUT2D eigenvalue weighted by molar-refractivity contribution is -0.282. The summed E-state index contributed by atoms with van der Waals surface area (Å²) in [6.07, 6.45) is 0.792. The Hall–Kier alpha value is -0.710. The summed E-state index contributed by atoms with van der Waals surface area (Å²) in [7, 11) is 1.44. The van der Waals surface area contributed by atoms with E-state index in [1.807, 2.05) is 6.07 Å². The van der Waals surface area contributed by atoms with Gasteiger partial charge in [-0.2, -0.15) is 0 Å². The first kappa shape index (κ1) is 10.4. The zero-order chi connectivity index (χ0) is 9.68. The van der Waals surface area contributed by atoms with Gasteiger partial charge in [-0.05, 0) is 21.5 Å². The summed E-state index contributed by atoms with van der Waals surface area (Å²) in [4.78, 5) is 19.8. The molecule has 0 aromatic heterocycles. The molecule has 0 spiro atoms. The Morgan fingerprint density at radius 1 is 1.54 bits per heavy atom. The molecule has 4 heteroatoms. The second kappa shape index (κ2) is 5.11. The van der Waals surface area contributed by atoms with Gasteiger partial charge in [0.15, 0.2) is 6.29 Å². The quantitative estimate of drug-likeness (QED) is 0.464. The first-order valence-electron chi connectivity index (χ1n) is 3.67. The topological polar surface area (TPSA) is 35.5 Å². The zero-order valence-electron chi connectivity index (χ0n) is 7.12. The third-order valence-corrected chi connectivity index (χ3v) is 2.53. The highest BCUT2D eigenvalue weighted by molar-refractivity contribution is 9.10. The minimum absolute atomic E-state index is 0.318. The van der Waals surface area contributed by atoms with Gasteiger partial charge in [0.1, 0.15) is 6.61 Å². The van der Waals surface area contributed by atoms with Crippen molar-refractivity contribution in [2.75, 3.05) is 7.11 Å². The van der Waals surface area contributed by atoms with E-state index in [4.69, 9.17) is 4.89 Å². The molecule has 0 bridgehead atoms. The van der Waals surface area contributed by atoms with Crippen molar-refractivity contribution in [3.8, 4) is 0 Å². The fourth-order valence-electron chi connectivity index (χ4n) is 0.925. The maximum absolute atomic E-state index is 10.6. The largest absolute Gasteiger partial charge is 0.298 e. The van der Waals surface area contributed by atoms with E-state index in [2.05, 4.69) is 20.8 Å². The first-order valence-corrected chi connectivity index (χ1v) is 4.47. The van der Waals surface area contributed by atoms with E-state index in [0.29, 0.717) is 12.2 Å². The maximum atomic E-state index is 10.6. The summed E-state index contributed by atoms with van der Waals surface area (Å²) < 4.78 is 0.752. The molecule has 0 aliphatic rings. The molecule has 0 fully saturated rings. The molecule has 70 valence electrons. The molecule has 0 heterocycles. The zero-order valence-corrected chi connectivity index (χ0v) is 8.71. The minimum Gasteiger partial charge on any atom is -0.298 e. The molecule has 3 nitrogen and oxygen atoms in total. The third-order valence-electron chi connectivity index (χ3n) is 1.57. The first-order chi connectivity index (χ1) is 6.29. The van der Waals surface area contributed by atoms with E-state index in [9.17, 15) is 4.79 Å². The summed E-state index contributed by atoms with van der Waals surface area (Å²) in [6, 6.07) is 5.38. The lowest BCUT2D eigenvalue weighted by Crippen LogP contribution is -1.94. The lowest BCUT2D eigenvalue weighted by atomic mass is 10.1. The highest BCUT2D eigenvalue weighted by Gasteiger charge is 2.04. The Morgan fingerprint density at radius 2 is 2.31 bits per heavy atom. The number of hydrogen-bond acceptors (Lipinski definition) is 3. The van der Waals surface area contributed by atoms with E-state index >= 15 is 0 Å². The number of aldehydes is 1. The van der Waals surface area contributed by atoms with Crippen molar-refractivity contribution in [2.24, 2.45) is 0 Å². The highest BCUT2D eigenvalue weighted by Crippen LogP contribution is 2.21. The predicted octanol–water partition coefficient (Wildman–Crippen LogP) is 2.34. The average Bonchev–Trinajstić information content (AvgIpc) is 2.16. The van der Waals surface area contributed by atoms with Crippen molar-refractivity contribution in [1.82, 2.24) is 0 Å². The Morgan fingerprint density at radius 3 is 2.92 bits per heavy atom. The minimum atomic E-state index is 0.318. The second-order valence-electron chi connectivity index (χ2n) is 2.37. The summed E-state index contributed by atoms with van der Waals surface area (Å²) in [5.41, 5.74) is 1.49. The number of carbonyl (C=O) groups is 1. The van der Waals surface area contributed by atoms with Gasteiger partial charge in [-0.15, -0.1) is 0 Å². The van der Waals surface area contributed by atoms with Crippen LogP contribution in [0.1, 0.15) is 15.9 Å². The fourth-order valence-corrected chi connectivity index (χ4v) is 1.40. The van der Waals surface area contributed by atoms with Crippen LogP contribution in [-0.4, -0.2) is 13.4 Å². The maximum Gasteiger partial charge on any atom is 0.151 e. The molecule has 0 amide bonds. The Kier molecular flexibility index (Phi) is 4.08. The van der Waals surface area contributed by atoms with Gasteiger partial charge in [0.2, 0.25) is 0 Å². The average molecular weight is 245 g/mol. The molecule has 0 unspecified atom stereocenters. The van der Waals surface area contributed by atoms with Crippen LogP contribution in [0.4, 0.5) is 0 Å². The Labute approximate surface area is 84.7 Å². The van der Waals surface area contributed by atoms with E-state index in [1.54, 1.807) is 12.1 Å². The van der Waals surface area contributed by atoms with E-state index in [1.165, 1.54) is 7.11 Å². The SMILES string of the molecule is COOCc1cccc(C=O)c1Br. The molecule has 0 saturated heterocycles. The normalized spacial score (nSPS) is 10.0. The van der Waals surface area contributed by atoms with Gasteiger partial charge in [-0.1, -0.05) is 18.2 Å². The van der Waals surface area contributed by atoms with Crippen LogP contribution in [-0.2, 0) is 16.4 Å². The predicted molar refractivity (Wildman–Crippen MR) is 51.3 cm³/mol. The summed E-state index contributed by atoms with van der Waals surface area (Å²) >= 11 is 3.30. The molecule has 0 atom stereocenters. The van der Waals surface area contributed by atoms with Crippen LogP contribution in [0, 0.1) is 0 Å². The van der Waals surface area contributed by atoms with Crippen molar-refractivity contribution in [1.29, 1.82) is 0 Å². The van der Waals surface area contributed by atoms with Crippen molar-refractivity contribution >= 4 is 22.2 Å². The van der Waals surface area contributed by atoms with Crippen molar-refractivity contribution < 1.29 is 14.6 Å². The molecule has 13 heavy (non-hydrogen) atoms. The van der Waals surface area contributed by atoms with E-state index < -0.39 is 0 Å². The van der Waals surface area contributed by atoms with Crippen LogP contribution in [0.15, 0.2) is 22.7 Å². The van der Waals surface area contributed by atoms with Gasteiger partial charge < -0.3 is 0 Å². The molecule has 1 aromatic carbocycles. The molecule has 0 aliphatic heterocycles. The standard InChI is InChI=1S/C9H9BrO3/c1-12-13-6-8-4-2-3-7(5-11)9(8)10/h2-5H,6H2,1H3. The summed E-state index contributed by atoms with van der Waals surface area (Å²) in [6.45, 7) is 0.318. The highest BCUT2D eigenvalue weighted by atomic mass is 79.9. The second-order valence-corrected chi connectivity index (χ2v) is 3.16. The Balaban J connectivity index is 2.87. The van der Waals surface area contributed by atoms with Crippen molar-refractivity contribution in [3.05, 3.63) is 33.8 Å². The molecule has 0 radical (unpaired) electrons. The van der Waals surface area contributed by atoms with Gasteiger partial charge in [-0.25, -0.2) is 9.78 Å². The molecule has 1 rings (SSSR count). The van der Waals surface area contributed by atoms with Crippen LogP contribution >= 0.6 is 15.9 Å². The number of hydrogen-bond donors (Lipinski definition) is 0. The van der Waals surface area contributed by atoms with Gasteiger partial charge >= 0.3 is 0 Å². The van der Waals surface area contributed by atoms with Crippen LogP contribution in [0.25, 0.3) is 0 Å². The van der Waals surface area contributed by atoms with Gasteiger partial charge in [0, 0.05) is 10.0 Å². The number of benzene rings is 1. The van der Waals surface area contributed by atoms with E-state index in [-0.39, 0.29) is 0 Å². The van der Waals surface area contributed by atoms with Crippen LogP contribution < -0.4 is 0 Å². The Bertz CT molecular complexity index is 299. The number of carbonyl (C=O) groups excluding carboxylic acids is 1. The van der Waals surface area contributed by atoms with Gasteiger partial charge in [0.25, 0.3) is 0 Å². The smallest absolute Gasteiger partial charge is 0.151 e. The molecule has 0 saturated carbocycles. The van der Waals surface area contributed by atoms with Crippen LogP contribution in [0.2, 0.25) is 0 Å². The van der Waals surface area contributed by atoms with Gasteiger partial charge in [-0.3, -0.25) is 4.79 Å². The lowest BCUT2D eigenvalue weighted by Gasteiger charge is -2.04. The van der Waals surface area contributed by atoms with Crippen molar-refractivity contribution in [3.63, 3.8) is 0 Å².